The quantitative estimate of drug-likeness (QED) is 0.717. The standard InChI is InChI=1S/C12H7N7S/c13-6-9-7-15-11(8-14-9)20-12-16-17-18-19(12)10-4-2-1-3-5-10/h1-5,7-8H. The van der Waals surface area contributed by atoms with Crippen molar-refractivity contribution >= 4 is 11.8 Å². The molecule has 0 N–H and O–H groups in total. The normalized spacial score (nSPS) is 10.2. The molecular formula is C12H7N7S. The van der Waals surface area contributed by atoms with E-state index in [1.807, 2.05) is 36.4 Å². The van der Waals surface area contributed by atoms with Gasteiger partial charge in [-0.05, 0) is 34.3 Å². The van der Waals surface area contributed by atoms with Crippen LogP contribution in [-0.2, 0) is 0 Å². The number of benzene rings is 1. The van der Waals surface area contributed by atoms with Crippen LogP contribution in [0.25, 0.3) is 5.69 Å². The van der Waals surface area contributed by atoms with Gasteiger partial charge in [-0.2, -0.15) is 9.94 Å². The van der Waals surface area contributed by atoms with E-state index in [1.165, 1.54) is 24.2 Å². The fourth-order valence-corrected chi connectivity index (χ4v) is 2.20. The zero-order valence-corrected chi connectivity index (χ0v) is 10.9. The van der Waals surface area contributed by atoms with E-state index >= 15 is 0 Å². The lowest BCUT2D eigenvalue weighted by Crippen LogP contribution is -1.98. The van der Waals surface area contributed by atoms with Crippen molar-refractivity contribution in [3.63, 3.8) is 0 Å². The fraction of sp³-hybridized carbons (Fsp3) is 0. The maximum atomic E-state index is 8.68. The lowest BCUT2D eigenvalue weighted by Gasteiger charge is -2.02. The van der Waals surface area contributed by atoms with Crippen LogP contribution >= 0.6 is 11.8 Å². The molecular weight excluding hydrogens is 274 g/mol. The van der Waals surface area contributed by atoms with Crippen LogP contribution in [0, 0.1) is 11.3 Å². The number of hydrogen-bond acceptors (Lipinski definition) is 7. The van der Waals surface area contributed by atoms with Gasteiger partial charge in [-0.3, -0.25) is 0 Å². The fourth-order valence-electron chi connectivity index (χ4n) is 1.49. The highest BCUT2D eigenvalue weighted by Crippen LogP contribution is 2.24. The van der Waals surface area contributed by atoms with Crippen molar-refractivity contribution in [2.75, 3.05) is 0 Å². The third-order valence-electron chi connectivity index (χ3n) is 2.38. The van der Waals surface area contributed by atoms with Gasteiger partial charge < -0.3 is 0 Å². The summed E-state index contributed by atoms with van der Waals surface area (Å²) in [5.74, 6) is 0. The van der Waals surface area contributed by atoms with E-state index in [2.05, 4.69) is 25.5 Å². The first-order chi connectivity index (χ1) is 9.86. The van der Waals surface area contributed by atoms with Crippen molar-refractivity contribution in [2.24, 2.45) is 0 Å². The minimum atomic E-state index is 0.275. The molecule has 2 heterocycles. The van der Waals surface area contributed by atoms with Crippen LogP contribution in [0.15, 0.2) is 52.9 Å². The smallest absolute Gasteiger partial charge is 0.220 e. The van der Waals surface area contributed by atoms with Gasteiger partial charge in [0.25, 0.3) is 0 Å². The molecule has 0 aliphatic rings. The van der Waals surface area contributed by atoms with Crippen molar-refractivity contribution in [3.05, 3.63) is 48.4 Å². The van der Waals surface area contributed by atoms with Gasteiger partial charge in [0.05, 0.1) is 18.1 Å². The van der Waals surface area contributed by atoms with Gasteiger partial charge in [0.15, 0.2) is 5.69 Å². The van der Waals surface area contributed by atoms with E-state index in [9.17, 15) is 0 Å². The van der Waals surface area contributed by atoms with Crippen LogP contribution in [0.4, 0.5) is 0 Å². The van der Waals surface area contributed by atoms with Crippen molar-refractivity contribution in [2.45, 2.75) is 10.2 Å². The van der Waals surface area contributed by atoms with Gasteiger partial charge in [-0.15, -0.1) is 5.10 Å². The number of rotatable bonds is 3. The average molecular weight is 281 g/mol. The maximum Gasteiger partial charge on any atom is 0.220 e. The molecule has 0 saturated carbocycles. The molecule has 0 spiro atoms. The number of tetrazole rings is 1. The summed E-state index contributed by atoms with van der Waals surface area (Å²) < 4.78 is 1.62. The van der Waals surface area contributed by atoms with E-state index in [0.717, 1.165) is 5.69 Å². The molecule has 0 atom stereocenters. The molecule has 0 fully saturated rings. The third kappa shape index (κ3) is 2.48. The average Bonchev–Trinajstić information content (AvgIpc) is 2.97. The summed E-state index contributed by atoms with van der Waals surface area (Å²) in [6, 6.07) is 11.5. The summed E-state index contributed by atoms with van der Waals surface area (Å²) in [5.41, 5.74) is 1.14. The van der Waals surface area contributed by atoms with E-state index < -0.39 is 0 Å². The Morgan fingerprint density at radius 2 is 1.95 bits per heavy atom. The Labute approximate surface area is 118 Å². The highest BCUT2D eigenvalue weighted by Gasteiger charge is 2.10. The first kappa shape index (κ1) is 12.3. The largest absolute Gasteiger partial charge is 0.245 e. The summed E-state index contributed by atoms with van der Waals surface area (Å²) >= 11 is 1.28. The summed E-state index contributed by atoms with van der Waals surface area (Å²) in [6.45, 7) is 0. The monoisotopic (exact) mass is 281 g/mol. The molecule has 0 amide bonds. The number of nitriles is 1. The molecule has 0 aliphatic heterocycles. The highest BCUT2D eigenvalue weighted by molar-refractivity contribution is 7.99. The number of aromatic nitrogens is 6. The summed E-state index contributed by atoms with van der Waals surface area (Å²) in [4.78, 5) is 8.09. The molecule has 8 heteroatoms. The zero-order chi connectivity index (χ0) is 13.8. The van der Waals surface area contributed by atoms with Crippen molar-refractivity contribution in [1.29, 1.82) is 5.26 Å². The van der Waals surface area contributed by atoms with Gasteiger partial charge in [0, 0.05) is 0 Å². The van der Waals surface area contributed by atoms with Crippen LogP contribution in [0.3, 0.4) is 0 Å². The Balaban J connectivity index is 1.89. The molecule has 0 unspecified atom stereocenters. The number of para-hydroxylation sites is 1. The van der Waals surface area contributed by atoms with Gasteiger partial charge in [0.1, 0.15) is 11.1 Å². The lowest BCUT2D eigenvalue weighted by atomic mass is 10.3. The molecule has 3 aromatic rings. The number of nitrogens with zero attached hydrogens (tertiary/aromatic N) is 7. The SMILES string of the molecule is N#Cc1cnc(Sc2nnnn2-c2ccccc2)cn1. The molecule has 20 heavy (non-hydrogen) atoms. The van der Waals surface area contributed by atoms with E-state index in [0.29, 0.717) is 10.2 Å². The van der Waals surface area contributed by atoms with Gasteiger partial charge in [0.2, 0.25) is 5.16 Å². The highest BCUT2D eigenvalue weighted by atomic mass is 32.2. The van der Waals surface area contributed by atoms with Gasteiger partial charge in [-0.1, -0.05) is 18.2 Å². The van der Waals surface area contributed by atoms with Crippen molar-refractivity contribution < 1.29 is 0 Å². The molecule has 0 radical (unpaired) electrons. The third-order valence-corrected chi connectivity index (χ3v) is 3.24. The van der Waals surface area contributed by atoms with Crippen LogP contribution in [0.2, 0.25) is 0 Å². The molecule has 0 aliphatic carbocycles. The van der Waals surface area contributed by atoms with Crippen molar-refractivity contribution in [1.82, 2.24) is 30.2 Å². The second-order valence-corrected chi connectivity index (χ2v) is 4.65. The summed E-state index contributed by atoms with van der Waals surface area (Å²) in [5, 5.41) is 21.5. The first-order valence-corrected chi connectivity index (χ1v) is 6.42. The predicted octanol–water partition coefficient (Wildman–Crippen LogP) is 1.48. The topological polar surface area (TPSA) is 93.2 Å². The molecule has 0 saturated heterocycles. The summed E-state index contributed by atoms with van der Waals surface area (Å²) in [7, 11) is 0. The van der Waals surface area contributed by atoms with E-state index in [-0.39, 0.29) is 5.69 Å². The molecule has 0 bridgehead atoms. The maximum absolute atomic E-state index is 8.68. The minimum Gasteiger partial charge on any atom is -0.245 e. The Hall–Kier alpha value is -2.79. The van der Waals surface area contributed by atoms with Crippen LogP contribution in [0.1, 0.15) is 5.69 Å². The van der Waals surface area contributed by atoms with E-state index in [4.69, 9.17) is 5.26 Å². The van der Waals surface area contributed by atoms with E-state index in [1.54, 1.807) is 4.68 Å². The van der Waals surface area contributed by atoms with Gasteiger partial charge in [-0.25, -0.2) is 9.97 Å². The van der Waals surface area contributed by atoms with Crippen molar-refractivity contribution in [3.8, 4) is 11.8 Å². The Morgan fingerprint density at radius 1 is 1.10 bits per heavy atom. The minimum absolute atomic E-state index is 0.275. The Kier molecular flexibility index (Phi) is 3.34. The molecule has 7 nitrogen and oxygen atoms in total. The Morgan fingerprint density at radius 3 is 2.65 bits per heavy atom. The molecule has 3 rings (SSSR count). The summed E-state index contributed by atoms with van der Waals surface area (Å²) in [6.07, 6.45) is 2.94. The lowest BCUT2D eigenvalue weighted by molar-refractivity contribution is 0.755. The molecule has 2 aromatic heterocycles. The molecule has 1 aromatic carbocycles. The second kappa shape index (κ2) is 5.46. The van der Waals surface area contributed by atoms with Crippen LogP contribution in [-0.4, -0.2) is 30.2 Å². The van der Waals surface area contributed by atoms with Crippen LogP contribution < -0.4 is 0 Å². The Bertz CT molecular complexity index is 745. The second-order valence-electron chi connectivity index (χ2n) is 3.66. The molecule has 96 valence electrons. The van der Waals surface area contributed by atoms with Gasteiger partial charge >= 0.3 is 0 Å². The van der Waals surface area contributed by atoms with Crippen LogP contribution in [0.5, 0.6) is 0 Å². The number of hydrogen-bond donors (Lipinski definition) is 0. The predicted molar refractivity (Wildman–Crippen MR) is 70.0 cm³/mol. The first-order valence-electron chi connectivity index (χ1n) is 5.60. The zero-order valence-electron chi connectivity index (χ0n) is 10.1.